The van der Waals surface area contributed by atoms with Gasteiger partial charge in [-0.3, -0.25) is 9.59 Å². The third kappa shape index (κ3) is 2.97. The minimum absolute atomic E-state index is 0.236. The molecule has 1 aliphatic rings. The quantitative estimate of drug-likeness (QED) is 0.923. The zero-order valence-electron chi connectivity index (χ0n) is 12.7. The fourth-order valence-corrected chi connectivity index (χ4v) is 2.61. The number of halogens is 3. The van der Waals surface area contributed by atoms with Crippen molar-refractivity contribution >= 4 is 17.6 Å². The smallest absolute Gasteiger partial charge is 0.406 e. The van der Waals surface area contributed by atoms with E-state index < -0.39 is 36.4 Å². The molecule has 23 heavy (non-hydrogen) atoms. The molecule has 0 aromatic heterocycles. The van der Waals surface area contributed by atoms with Gasteiger partial charge in [0.2, 0.25) is 0 Å². The number of likely N-dealkylation sites (tertiary alicyclic amines) is 1. The number of hydrogen-bond acceptors (Lipinski definition) is 3. The predicted molar refractivity (Wildman–Crippen MR) is 77.4 cm³/mol. The van der Waals surface area contributed by atoms with Gasteiger partial charge in [-0.2, -0.15) is 13.2 Å². The fourth-order valence-electron chi connectivity index (χ4n) is 2.61. The molecular formula is C15H17F3N2O3. The van der Waals surface area contributed by atoms with E-state index in [0.717, 1.165) is 10.6 Å². The second kappa shape index (κ2) is 5.75. The van der Waals surface area contributed by atoms with Crippen LogP contribution in [0.1, 0.15) is 16.8 Å². The molecule has 1 amide bonds. The summed E-state index contributed by atoms with van der Waals surface area (Å²) in [5, 5.41) is 9.02. The number of carboxylic acid groups (broad SMARTS) is 1. The Balaban J connectivity index is 2.26. The van der Waals surface area contributed by atoms with Crippen LogP contribution in [0.4, 0.5) is 18.9 Å². The molecule has 0 radical (unpaired) electrons. The Morgan fingerprint density at radius 2 is 1.96 bits per heavy atom. The standard InChI is InChI=1S/C15H17F3N2O3/c1-19(2)11-5-3-4-10(8-11)12(21)20-7-6-14(9-20,13(22)23)15(16,17)18/h3-5,8H,6-7,9H2,1-2H3,(H,22,23). The van der Waals surface area contributed by atoms with Gasteiger partial charge in [-0.05, 0) is 24.6 Å². The van der Waals surface area contributed by atoms with E-state index in [1.165, 1.54) is 6.07 Å². The normalized spacial score (nSPS) is 21.3. The van der Waals surface area contributed by atoms with Crippen LogP contribution in [0.3, 0.4) is 0 Å². The number of anilines is 1. The number of hydrogen-bond donors (Lipinski definition) is 1. The summed E-state index contributed by atoms with van der Waals surface area (Å²) < 4.78 is 39.5. The number of rotatable bonds is 3. The van der Waals surface area contributed by atoms with Crippen molar-refractivity contribution in [2.75, 3.05) is 32.1 Å². The lowest BCUT2D eigenvalue weighted by atomic mass is 9.86. The molecular weight excluding hydrogens is 313 g/mol. The molecule has 1 saturated heterocycles. The van der Waals surface area contributed by atoms with Crippen LogP contribution in [0.15, 0.2) is 24.3 Å². The van der Waals surface area contributed by atoms with Gasteiger partial charge < -0.3 is 14.9 Å². The molecule has 1 aromatic carbocycles. The molecule has 1 N–H and O–H groups in total. The lowest BCUT2D eigenvalue weighted by Gasteiger charge is -2.27. The summed E-state index contributed by atoms with van der Waals surface area (Å²) in [6.45, 7) is -1.10. The first-order chi connectivity index (χ1) is 10.6. The lowest BCUT2D eigenvalue weighted by Crippen LogP contribution is -2.47. The van der Waals surface area contributed by atoms with E-state index >= 15 is 0 Å². The highest BCUT2D eigenvalue weighted by Gasteiger charge is 2.64. The number of alkyl halides is 3. The second-order valence-corrected chi connectivity index (χ2v) is 5.81. The minimum atomic E-state index is -4.90. The van der Waals surface area contributed by atoms with E-state index in [0.29, 0.717) is 0 Å². The van der Waals surface area contributed by atoms with E-state index in [1.807, 2.05) is 0 Å². The Labute approximate surface area is 131 Å². The highest BCUT2D eigenvalue weighted by atomic mass is 19.4. The van der Waals surface area contributed by atoms with E-state index in [9.17, 15) is 22.8 Å². The molecule has 1 unspecified atom stereocenters. The molecule has 1 aliphatic heterocycles. The van der Waals surface area contributed by atoms with Crippen LogP contribution >= 0.6 is 0 Å². The maximum absolute atomic E-state index is 13.2. The molecule has 1 fully saturated rings. The Bertz CT molecular complexity index is 631. The average Bonchev–Trinajstić information content (AvgIpc) is 2.93. The number of aliphatic carboxylic acids is 1. The van der Waals surface area contributed by atoms with Gasteiger partial charge >= 0.3 is 12.1 Å². The summed E-state index contributed by atoms with van der Waals surface area (Å²) in [5.74, 6) is -2.54. The van der Waals surface area contributed by atoms with Crippen LogP contribution in [0, 0.1) is 5.41 Å². The minimum Gasteiger partial charge on any atom is -0.481 e. The highest BCUT2D eigenvalue weighted by Crippen LogP contribution is 2.46. The molecule has 1 atom stereocenters. The molecule has 0 bridgehead atoms. The molecule has 1 aromatic rings. The van der Waals surface area contributed by atoms with Crippen molar-refractivity contribution in [2.45, 2.75) is 12.6 Å². The first-order valence-electron chi connectivity index (χ1n) is 6.95. The zero-order valence-corrected chi connectivity index (χ0v) is 12.7. The summed E-state index contributed by atoms with van der Waals surface area (Å²) >= 11 is 0. The van der Waals surface area contributed by atoms with Gasteiger partial charge in [0.1, 0.15) is 0 Å². The third-order valence-corrected chi connectivity index (χ3v) is 4.12. The Hall–Kier alpha value is -2.25. The number of carbonyl (C=O) groups excluding carboxylic acids is 1. The zero-order chi connectivity index (χ0) is 17.4. The first-order valence-corrected chi connectivity index (χ1v) is 6.95. The SMILES string of the molecule is CN(C)c1cccc(C(=O)N2CCC(C(=O)O)(C(F)(F)F)C2)c1. The largest absolute Gasteiger partial charge is 0.481 e. The second-order valence-electron chi connectivity index (χ2n) is 5.81. The Kier molecular flexibility index (Phi) is 4.28. The van der Waals surface area contributed by atoms with Crippen molar-refractivity contribution in [3.8, 4) is 0 Å². The van der Waals surface area contributed by atoms with Crippen molar-refractivity contribution < 1.29 is 27.9 Å². The van der Waals surface area contributed by atoms with Crippen LogP contribution in [-0.2, 0) is 4.79 Å². The fraction of sp³-hybridized carbons (Fsp3) is 0.467. The molecule has 2 rings (SSSR count). The topological polar surface area (TPSA) is 60.9 Å². The van der Waals surface area contributed by atoms with Gasteiger partial charge in [0.25, 0.3) is 5.91 Å². The van der Waals surface area contributed by atoms with E-state index in [2.05, 4.69) is 0 Å². The van der Waals surface area contributed by atoms with Crippen LogP contribution in [0.5, 0.6) is 0 Å². The average molecular weight is 330 g/mol. The summed E-state index contributed by atoms with van der Waals surface area (Å²) in [6, 6.07) is 6.46. The molecule has 1 heterocycles. The van der Waals surface area contributed by atoms with Gasteiger partial charge in [-0.1, -0.05) is 6.07 Å². The number of nitrogens with zero attached hydrogens (tertiary/aromatic N) is 2. The van der Waals surface area contributed by atoms with Crippen LogP contribution < -0.4 is 4.90 Å². The monoisotopic (exact) mass is 330 g/mol. The third-order valence-electron chi connectivity index (χ3n) is 4.12. The van der Waals surface area contributed by atoms with Gasteiger partial charge in [0.05, 0.1) is 0 Å². The number of carboxylic acids is 1. The number of benzene rings is 1. The van der Waals surface area contributed by atoms with E-state index in [1.54, 1.807) is 37.2 Å². The van der Waals surface area contributed by atoms with E-state index in [4.69, 9.17) is 5.11 Å². The Morgan fingerprint density at radius 1 is 1.30 bits per heavy atom. The molecule has 0 saturated carbocycles. The first kappa shape index (κ1) is 17.1. The van der Waals surface area contributed by atoms with Gasteiger partial charge in [0.15, 0.2) is 5.41 Å². The molecule has 8 heteroatoms. The summed E-state index contributed by atoms with van der Waals surface area (Å²) in [4.78, 5) is 26.3. The van der Waals surface area contributed by atoms with Crippen molar-refractivity contribution in [1.82, 2.24) is 4.90 Å². The maximum Gasteiger partial charge on any atom is 0.406 e. The number of carbonyl (C=O) groups is 2. The van der Waals surface area contributed by atoms with Crippen LogP contribution in [0.2, 0.25) is 0 Å². The van der Waals surface area contributed by atoms with Crippen molar-refractivity contribution in [2.24, 2.45) is 5.41 Å². The van der Waals surface area contributed by atoms with Crippen molar-refractivity contribution in [1.29, 1.82) is 0 Å². The Morgan fingerprint density at radius 3 is 2.43 bits per heavy atom. The summed E-state index contributed by atoms with van der Waals surface area (Å²) in [7, 11) is 3.55. The van der Waals surface area contributed by atoms with Crippen LogP contribution in [-0.4, -0.2) is 55.2 Å². The molecule has 126 valence electrons. The molecule has 0 aliphatic carbocycles. The van der Waals surface area contributed by atoms with Gasteiger partial charge in [0, 0.05) is 38.4 Å². The lowest BCUT2D eigenvalue weighted by molar-refractivity contribution is -0.227. The predicted octanol–water partition coefficient (Wildman–Crippen LogP) is 2.23. The maximum atomic E-state index is 13.2. The molecule has 0 spiro atoms. The van der Waals surface area contributed by atoms with Gasteiger partial charge in [-0.25, -0.2) is 0 Å². The van der Waals surface area contributed by atoms with Crippen molar-refractivity contribution in [3.63, 3.8) is 0 Å². The van der Waals surface area contributed by atoms with E-state index in [-0.39, 0.29) is 12.1 Å². The summed E-state index contributed by atoms with van der Waals surface area (Å²) in [5.41, 5.74) is -1.92. The highest BCUT2D eigenvalue weighted by molar-refractivity contribution is 5.96. The van der Waals surface area contributed by atoms with Crippen LogP contribution in [0.25, 0.3) is 0 Å². The summed E-state index contributed by atoms with van der Waals surface area (Å²) in [6.07, 6.45) is -5.54. The number of amides is 1. The van der Waals surface area contributed by atoms with Crippen molar-refractivity contribution in [3.05, 3.63) is 29.8 Å². The molecule has 5 nitrogen and oxygen atoms in total. The van der Waals surface area contributed by atoms with Gasteiger partial charge in [-0.15, -0.1) is 0 Å².